The predicted octanol–water partition coefficient (Wildman–Crippen LogP) is 2.71. The van der Waals surface area contributed by atoms with Crippen LogP contribution in [0.2, 0.25) is 0 Å². The molecule has 4 heteroatoms. The van der Waals surface area contributed by atoms with Gasteiger partial charge in [-0.15, -0.1) is 0 Å². The van der Waals surface area contributed by atoms with Crippen molar-refractivity contribution in [1.29, 1.82) is 0 Å². The maximum absolute atomic E-state index is 11.3. The topological polar surface area (TPSA) is 55.1 Å². The lowest BCUT2D eigenvalue weighted by atomic mass is 10.1. The summed E-state index contributed by atoms with van der Waals surface area (Å²) in [6.07, 6.45) is 0. The van der Waals surface area contributed by atoms with E-state index in [4.69, 9.17) is 0 Å². The minimum Gasteiger partial charge on any atom is -0.481 e. The van der Waals surface area contributed by atoms with Crippen LogP contribution >= 0.6 is 0 Å². The lowest BCUT2D eigenvalue weighted by molar-refractivity contribution is -0.139. The van der Waals surface area contributed by atoms with Crippen LogP contribution in [0.3, 0.4) is 0 Å². The number of hydrogen-bond donors (Lipinski definition) is 1. The Morgan fingerprint density at radius 1 is 1.42 bits per heavy atom. The molecule has 2 atom stereocenters. The molecule has 2 aromatic rings. The number of benzene rings is 1. The molecule has 2 unspecified atom stereocenters. The van der Waals surface area contributed by atoms with Crippen LogP contribution in [0.15, 0.2) is 18.2 Å². The van der Waals surface area contributed by atoms with E-state index in [1.807, 2.05) is 44.5 Å². The van der Waals surface area contributed by atoms with Gasteiger partial charge in [-0.2, -0.15) is 0 Å². The molecule has 1 N–H and O–H groups in total. The van der Waals surface area contributed by atoms with Gasteiger partial charge in [0, 0.05) is 13.0 Å². The molecular formula is C15H18N2O2. The third-order valence-electron chi connectivity index (χ3n) is 4.44. The minimum absolute atomic E-state index is 0.00251. The highest BCUT2D eigenvalue weighted by Crippen LogP contribution is 2.64. The van der Waals surface area contributed by atoms with Gasteiger partial charge in [0.1, 0.15) is 5.82 Å². The van der Waals surface area contributed by atoms with Crippen molar-refractivity contribution >= 4 is 17.0 Å². The maximum Gasteiger partial charge on any atom is 0.307 e. The maximum atomic E-state index is 11.3. The Hall–Kier alpha value is -1.84. The first-order valence-corrected chi connectivity index (χ1v) is 6.50. The zero-order valence-electron chi connectivity index (χ0n) is 11.6. The van der Waals surface area contributed by atoms with Crippen molar-refractivity contribution in [3.05, 3.63) is 29.6 Å². The Labute approximate surface area is 112 Å². The number of carboxylic acid groups (broad SMARTS) is 1. The molecule has 1 fully saturated rings. The second-order valence-electron chi connectivity index (χ2n) is 6.14. The van der Waals surface area contributed by atoms with Gasteiger partial charge in [0.25, 0.3) is 0 Å². The van der Waals surface area contributed by atoms with E-state index in [0.717, 1.165) is 16.9 Å². The normalized spacial score (nSPS) is 24.6. The summed E-state index contributed by atoms with van der Waals surface area (Å²) in [5, 5.41) is 9.29. The van der Waals surface area contributed by atoms with Crippen LogP contribution in [0.1, 0.15) is 31.2 Å². The van der Waals surface area contributed by atoms with Crippen molar-refractivity contribution in [2.75, 3.05) is 0 Å². The zero-order valence-corrected chi connectivity index (χ0v) is 11.6. The van der Waals surface area contributed by atoms with Crippen molar-refractivity contribution in [3.8, 4) is 0 Å². The molecule has 100 valence electrons. The average Bonchev–Trinajstić information content (AvgIpc) is 2.74. The highest BCUT2D eigenvalue weighted by Gasteiger charge is 2.64. The smallest absolute Gasteiger partial charge is 0.307 e. The van der Waals surface area contributed by atoms with Crippen LogP contribution in [-0.2, 0) is 11.8 Å². The van der Waals surface area contributed by atoms with Crippen molar-refractivity contribution in [3.63, 3.8) is 0 Å². The predicted molar refractivity (Wildman–Crippen MR) is 73.1 cm³/mol. The number of aromatic nitrogens is 2. The molecule has 0 aliphatic heterocycles. The highest BCUT2D eigenvalue weighted by molar-refractivity contribution is 5.80. The SMILES string of the molecule is Cc1ccc2c(c1)nc(C1C(C(=O)O)C1(C)C)n2C. The van der Waals surface area contributed by atoms with Crippen molar-refractivity contribution in [2.45, 2.75) is 26.7 Å². The number of aryl methyl sites for hydroxylation is 2. The number of carboxylic acids is 1. The van der Waals surface area contributed by atoms with Gasteiger partial charge in [-0.25, -0.2) is 4.98 Å². The second-order valence-corrected chi connectivity index (χ2v) is 6.14. The van der Waals surface area contributed by atoms with Crippen molar-refractivity contribution < 1.29 is 9.90 Å². The second kappa shape index (κ2) is 3.59. The van der Waals surface area contributed by atoms with Gasteiger partial charge in [0.05, 0.1) is 17.0 Å². The first-order valence-electron chi connectivity index (χ1n) is 6.50. The summed E-state index contributed by atoms with van der Waals surface area (Å²) in [6, 6.07) is 6.15. The van der Waals surface area contributed by atoms with E-state index >= 15 is 0 Å². The van der Waals surface area contributed by atoms with Gasteiger partial charge < -0.3 is 9.67 Å². The number of hydrogen-bond acceptors (Lipinski definition) is 2. The molecule has 0 spiro atoms. The number of fused-ring (bicyclic) bond motifs is 1. The number of carbonyl (C=O) groups is 1. The first-order chi connectivity index (χ1) is 8.84. The molecule has 1 aliphatic carbocycles. The van der Waals surface area contributed by atoms with Gasteiger partial charge in [-0.3, -0.25) is 4.79 Å². The fourth-order valence-corrected chi connectivity index (χ4v) is 3.19. The number of rotatable bonds is 2. The van der Waals surface area contributed by atoms with E-state index in [0.29, 0.717) is 0 Å². The van der Waals surface area contributed by atoms with Crippen LogP contribution < -0.4 is 0 Å². The third kappa shape index (κ3) is 1.59. The van der Waals surface area contributed by atoms with E-state index < -0.39 is 5.97 Å². The molecule has 4 nitrogen and oxygen atoms in total. The van der Waals surface area contributed by atoms with Crippen LogP contribution in [0.5, 0.6) is 0 Å². The molecule has 1 aliphatic rings. The van der Waals surface area contributed by atoms with Gasteiger partial charge >= 0.3 is 5.97 Å². The number of imidazole rings is 1. The molecule has 3 rings (SSSR count). The molecule has 1 saturated carbocycles. The molecule has 0 amide bonds. The largest absolute Gasteiger partial charge is 0.481 e. The molecule has 0 radical (unpaired) electrons. The van der Waals surface area contributed by atoms with Gasteiger partial charge in [-0.05, 0) is 30.0 Å². The Morgan fingerprint density at radius 3 is 2.68 bits per heavy atom. The monoisotopic (exact) mass is 258 g/mol. The molecule has 0 saturated heterocycles. The summed E-state index contributed by atoms with van der Waals surface area (Å²) in [5.41, 5.74) is 2.97. The minimum atomic E-state index is -0.724. The highest BCUT2D eigenvalue weighted by atomic mass is 16.4. The summed E-state index contributed by atoms with van der Waals surface area (Å²) in [7, 11) is 1.97. The van der Waals surface area contributed by atoms with Crippen LogP contribution in [-0.4, -0.2) is 20.6 Å². The zero-order chi connectivity index (χ0) is 13.9. The van der Waals surface area contributed by atoms with Crippen LogP contribution in [0.4, 0.5) is 0 Å². The molecule has 1 heterocycles. The van der Waals surface area contributed by atoms with Gasteiger partial charge in [0.2, 0.25) is 0 Å². The summed E-state index contributed by atoms with van der Waals surface area (Å²) >= 11 is 0. The molecule has 19 heavy (non-hydrogen) atoms. The summed E-state index contributed by atoms with van der Waals surface area (Å²) < 4.78 is 2.03. The van der Waals surface area contributed by atoms with E-state index in [-0.39, 0.29) is 17.3 Å². The van der Waals surface area contributed by atoms with Crippen molar-refractivity contribution in [1.82, 2.24) is 9.55 Å². The third-order valence-corrected chi connectivity index (χ3v) is 4.44. The summed E-state index contributed by atoms with van der Waals surface area (Å²) in [5.74, 6) is -0.164. The fourth-order valence-electron chi connectivity index (χ4n) is 3.19. The molecule has 0 bridgehead atoms. The fraction of sp³-hybridized carbons (Fsp3) is 0.467. The van der Waals surface area contributed by atoms with Crippen molar-refractivity contribution in [2.24, 2.45) is 18.4 Å². The molecular weight excluding hydrogens is 240 g/mol. The van der Waals surface area contributed by atoms with E-state index in [2.05, 4.69) is 11.1 Å². The quantitative estimate of drug-likeness (QED) is 0.901. The first kappa shape index (κ1) is 12.2. The Balaban J connectivity index is 2.12. The molecule has 1 aromatic carbocycles. The van der Waals surface area contributed by atoms with Gasteiger partial charge in [0.15, 0.2) is 0 Å². The molecule has 1 aromatic heterocycles. The van der Waals surface area contributed by atoms with Crippen LogP contribution in [0.25, 0.3) is 11.0 Å². The number of aliphatic carboxylic acids is 1. The Morgan fingerprint density at radius 2 is 2.11 bits per heavy atom. The lowest BCUT2D eigenvalue weighted by Crippen LogP contribution is -2.03. The standard InChI is InChI=1S/C15H18N2O2/c1-8-5-6-10-9(7-8)16-13(17(10)4)11-12(14(18)19)15(11,2)3/h5-7,11-12H,1-4H3,(H,18,19). The average molecular weight is 258 g/mol. The number of nitrogens with zero attached hydrogens (tertiary/aromatic N) is 2. The van der Waals surface area contributed by atoms with E-state index in [1.165, 1.54) is 5.56 Å². The van der Waals surface area contributed by atoms with Crippen LogP contribution in [0, 0.1) is 18.3 Å². The summed E-state index contributed by atoms with van der Waals surface area (Å²) in [4.78, 5) is 16.0. The van der Waals surface area contributed by atoms with Gasteiger partial charge in [-0.1, -0.05) is 19.9 Å². The van der Waals surface area contributed by atoms with E-state index in [1.54, 1.807) is 0 Å². The Bertz CT molecular complexity index is 685. The lowest BCUT2D eigenvalue weighted by Gasteiger charge is -2.03. The Kier molecular flexibility index (Phi) is 2.31. The summed E-state index contributed by atoms with van der Waals surface area (Å²) in [6.45, 7) is 6.04. The van der Waals surface area contributed by atoms with E-state index in [9.17, 15) is 9.90 Å².